The van der Waals surface area contributed by atoms with E-state index in [1.54, 1.807) is 6.92 Å². The molecule has 0 bridgehead atoms. The first-order chi connectivity index (χ1) is 12.7. The number of oxazole rings is 1. The molecule has 1 atom stereocenters. The van der Waals surface area contributed by atoms with Crippen molar-refractivity contribution in [2.24, 2.45) is 0 Å². The summed E-state index contributed by atoms with van der Waals surface area (Å²) >= 11 is 2.68. The van der Waals surface area contributed by atoms with Gasteiger partial charge in [0, 0.05) is 0 Å². The van der Waals surface area contributed by atoms with Crippen LogP contribution < -0.4 is 0 Å². The second kappa shape index (κ2) is 7.30. The molecule has 4 aromatic rings. The third-order valence-electron chi connectivity index (χ3n) is 3.42. The molecule has 0 fully saturated rings. The van der Waals surface area contributed by atoms with Crippen molar-refractivity contribution in [1.29, 1.82) is 0 Å². The second-order valence-electron chi connectivity index (χ2n) is 5.29. The molecule has 0 aliphatic carbocycles. The van der Waals surface area contributed by atoms with Crippen molar-refractivity contribution in [1.82, 2.24) is 15.2 Å². The zero-order chi connectivity index (χ0) is 17.9. The maximum atomic E-state index is 12.1. The Balaban J connectivity index is 1.34. The van der Waals surface area contributed by atoms with Gasteiger partial charge in [0.25, 0.3) is 17.0 Å². The summed E-state index contributed by atoms with van der Waals surface area (Å²) in [7, 11) is 0. The van der Waals surface area contributed by atoms with Gasteiger partial charge in [-0.1, -0.05) is 30.0 Å². The van der Waals surface area contributed by atoms with E-state index in [0.717, 1.165) is 10.4 Å². The van der Waals surface area contributed by atoms with Gasteiger partial charge in [0.1, 0.15) is 11.3 Å². The number of esters is 1. The molecule has 0 aliphatic rings. The van der Waals surface area contributed by atoms with E-state index in [-0.39, 0.29) is 11.6 Å². The molecule has 3 heterocycles. The summed E-state index contributed by atoms with van der Waals surface area (Å²) in [5.41, 5.74) is 1.44. The maximum absolute atomic E-state index is 12.1. The molecule has 3 aromatic heterocycles. The van der Waals surface area contributed by atoms with Gasteiger partial charge in [-0.05, 0) is 30.5 Å². The van der Waals surface area contributed by atoms with Gasteiger partial charge >= 0.3 is 5.97 Å². The first kappa shape index (κ1) is 16.8. The predicted octanol–water partition coefficient (Wildman–Crippen LogP) is 4.34. The Hall–Kier alpha value is -2.65. The second-order valence-corrected chi connectivity index (χ2v) is 7.17. The molecular formula is C17H13N3O4S2. The van der Waals surface area contributed by atoms with Crippen LogP contribution in [0.25, 0.3) is 21.9 Å². The number of hydrogen-bond donors (Lipinski definition) is 0. The molecule has 1 aromatic carbocycles. The number of nitrogens with zero attached hydrogens (tertiary/aromatic N) is 3. The highest BCUT2D eigenvalue weighted by Crippen LogP contribution is 2.27. The van der Waals surface area contributed by atoms with Crippen molar-refractivity contribution in [3.63, 3.8) is 0 Å². The van der Waals surface area contributed by atoms with Crippen molar-refractivity contribution >= 4 is 40.2 Å². The van der Waals surface area contributed by atoms with E-state index in [2.05, 4.69) is 15.2 Å². The Morgan fingerprint density at radius 1 is 1.23 bits per heavy atom. The van der Waals surface area contributed by atoms with Crippen LogP contribution in [-0.4, -0.2) is 26.9 Å². The topological polar surface area (TPSA) is 91.2 Å². The van der Waals surface area contributed by atoms with Crippen LogP contribution in [0.1, 0.15) is 18.9 Å². The van der Waals surface area contributed by atoms with Crippen LogP contribution in [-0.2, 0) is 9.53 Å². The van der Waals surface area contributed by atoms with Crippen molar-refractivity contribution in [3.05, 3.63) is 47.7 Å². The van der Waals surface area contributed by atoms with Gasteiger partial charge in [-0.2, -0.15) is 0 Å². The van der Waals surface area contributed by atoms with Gasteiger partial charge in [-0.15, -0.1) is 21.5 Å². The quantitative estimate of drug-likeness (QED) is 0.356. The zero-order valence-corrected chi connectivity index (χ0v) is 15.3. The zero-order valence-electron chi connectivity index (χ0n) is 13.6. The van der Waals surface area contributed by atoms with Crippen LogP contribution in [0.4, 0.5) is 0 Å². The lowest BCUT2D eigenvalue weighted by atomic mass is 10.3. The number of benzene rings is 1. The normalized spacial score (nSPS) is 12.3. The number of carbonyl (C=O) groups is 1. The molecule has 7 nitrogen and oxygen atoms in total. The fraction of sp³-hybridized carbons (Fsp3) is 0.176. The van der Waals surface area contributed by atoms with Crippen LogP contribution in [0.15, 0.2) is 55.8 Å². The summed E-state index contributed by atoms with van der Waals surface area (Å²) in [6.45, 7) is 1.69. The van der Waals surface area contributed by atoms with Crippen molar-refractivity contribution in [2.75, 3.05) is 5.75 Å². The lowest BCUT2D eigenvalue weighted by Crippen LogP contribution is -2.11. The van der Waals surface area contributed by atoms with Crippen molar-refractivity contribution in [3.8, 4) is 10.8 Å². The van der Waals surface area contributed by atoms with Crippen molar-refractivity contribution < 1.29 is 18.4 Å². The average molecular weight is 387 g/mol. The largest absolute Gasteiger partial charge is 0.452 e. The first-order valence-corrected chi connectivity index (χ1v) is 9.61. The minimum atomic E-state index is -0.632. The van der Waals surface area contributed by atoms with E-state index in [4.69, 9.17) is 13.6 Å². The predicted molar refractivity (Wildman–Crippen MR) is 96.9 cm³/mol. The van der Waals surface area contributed by atoms with Crippen molar-refractivity contribution in [2.45, 2.75) is 18.3 Å². The SMILES string of the molecule is CC(OC(=O)CSc1nc2ccccc2o1)c1nnc(-c2cccs2)o1. The lowest BCUT2D eigenvalue weighted by molar-refractivity contribution is -0.146. The number of para-hydroxylation sites is 2. The van der Waals surface area contributed by atoms with Gasteiger partial charge in [0.2, 0.25) is 0 Å². The minimum Gasteiger partial charge on any atom is -0.452 e. The Kier molecular flexibility index (Phi) is 4.72. The van der Waals surface area contributed by atoms with E-state index in [0.29, 0.717) is 16.7 Å². The molecule has 0 N–H and O–H groups in total. The number of ether oxygens (including phenoxy) is 1. The summed E-state index contributed by atoms with van der Waals surface area (Å²) in [6, 6.07) is 11.2. The molecule has 1 unspecified atom stereocenters. The maximum Gasteiger partial charge on any atom is 0.317 e. The fourth-order valence-corrected chi connectivity index (χ4v) is 3.48. The van der Waals surface area contributed by atoms with E-state index < -0.39 is 12.1 Å². The summed E-state index contributed by atoms with van der Waals surface area (Å²) in [4.78, 5) is 17.2. The highest BCUT2D eigenvalue weighted by molar-refractivity contribution is 7.99. The third-order valence-corrected chi connectivity index (χ3v) is 5.08. The Morgan fingerprint density at radius 3 is 2.92 bits per heavy atom. The lowest BCUT2D eigenvalue weighted by Gasteiger charge is -2.08. The van der Waals surface area contributed by atoms with Gasteiger partial charge < -0.3 is 13.6 Å². The van der Waals surface area contributed by atoms with E-state index in [1.807, 2.05) is 41.8 Å². The molecule has 0 saturated carbocycles. The summed E-state index contributed by atoms with van der Waals surface area (Å²) in [6.07, 6.45) is -0.632. The third kappa shape index (κ3) is 3.63. The molecule has 0 radical (unpaired) electrons. The van der Waals surface area contributed by atoms with Crippen LogP contribution in [0.2, 0.25) is 0 Å². The summed E-state index contributed by atoms with van der Waals surface area (Å²) in [5.74, 6) is 0.330. The van der Waals surface area contributed by atoms with E-state index >= 15 is 0 Å². The monoisotopic (exact) mass is 387 g/mol. The number of carbonyl (C=O) groups excluding carboxylic acids is 1. The highest BCUT2D eigenvalue weighted by Gasteiger charge is 2.20. The molecule has 4 rings (SSSR count). The van der Waals surface area contributed by atoms with E-state index in [1.165, 1.54) is 23.1 Å². The number of hydrogen-bond acceptors (Lipinski definition) is 9. The molecule has 0 saturated heterocycles. The first-order valence-electron chi connectivity index (χ1n) is 7.74. The molecule has 0 aliphatic heterocycles. The van der Waals surface area contributed by atoms with Crippen LogP contribution in [0.3, 0.4) is 0 Å². The van der Waals surface area contributed by atoms with Gasteiger partial charge in [-0.25, -0.2) is 4.98 Å². The highest BCUT2D eigenvalue weighted by atomic mass is 32.2. The smallest absolute Gasteiger partial charge is 0.317 e. The van der Waals surface area contributed by atoms with Gasteiger partial charge in [0.05, 0.1) is 4.88 Å². The molecule has 26 heavy (non-hydrogen) atoms. The summed E-state index contributed by atoms with van der Waals surface area (Å²) < 4.78 is 16.5. The molecule has 0 amide bonds. The van der Waals surface area contributed by atoms with Gasteiger partial charge in [-0.3, -0.25) is 4.79 Å². The Bertz CT molecular complexity index is 993. The number of rotatable bonds is 6. The number of aromatic nitrogens is 3. The average Bonchev–Trinajstić information content (AvgIpc) is 3.39. The molecule has 0 spiro atoms. The number of fused-ring (bicyclic) bond motifs is 1. The molecule has 9 heteroatoms. The van der Waals surface area contributed by atoms with Crippen LogP contribution in [0.5, 0.6) is 0 Å². The number of thioether (sulfide) groups is 1. The Morgan fingerprint density at radius 2 is 2.12 bits per heavy atom. The number of thiophene rings is 1. The Labute approximate surface area is 156 Å². The minimum absolute atomic E-state index is 0.0725. The van der Waals surface area contributed by atoms with Crippen LogP contribution in [0, 0.1) is 0 Å². The van der Waals surface area contributed by atoms with Crippen LogP contribution >= 0.6 is 23.1 Å². The van der Waals surface area contributed by atoms with Gasteiger partial charge in [0.15, 0.2) is 11.7 Å². The van der Waals surface area contributed by atoms with E-state index in [9.17, 15) is 4.79 Å². The standard InChI is InChI=1S/C17H13N3O4S2/c1-10(15-19-20-16(24-15)13-7-4-8-25-13)22-14(21)9-26-17-18-11-5-2-3-6-12(11)23-17/h2-8,10H,9H2,1H3. The molecular weight excluding hydrogens is 374 g/mol. The molecule has 132 valence electrons. The fourth-order valence-electron chi connectivity index (χ4n) is 2.21. The summed E-state index contributed by atoms with van der Waals surface area (Å²) in [5, 5.41) is 10.3.